The number of anilines is 1. The van der Waals surface area contributed by atoms with Crippen molar-refractivity contribution in [3.63, 3.8) is 0 Å². The molecule has 4 nitrogen and oxygen atoms in total. The van der Waals surface area contributed by atoms with Crippen molar-refractivity contribution in [2.45, 2.75) is 13.0 Å². The van der Waals surface area contributed by atoms with Crippen molar-refractivity contribution in [2.24, 2.45) is 0 Å². The summed E-state index contributed by atoms with van der Waals surface area (Å²) >= 11 is 4.56. The van der Waals surface area contributed by atoms with Crippen LogP contribution in [0.5, 0.6) is 0 Å². The minimum absolute atomic E-state index is 0.0300. The van der Waals surface area contributed by atoms with Crippen LogP contribution < -0.4 is 10.2 Å². The van der Waals surface area contributed by atoms with Crippen LogP contribution in [0.2, 0.25) is 0 Å². The lowest BCUT2D eigenvalue weighted by molar-refractivity contribution is -0.116. The first kappa shape index (κ1) is 15.0. The van der Waals surface area contributed by atoms with Crippen molar-refractivity contribution >= 4 is 49.1 Å². The number of halogens is 1. The molecule has 3 rings (SSSR count). The van der Waals surface area contributed by atoms with Crippen molar-refractivity contribution in [1.82, 2.24) is 4.57 Å². The maximum Gasteiger partial charge on any atom is 0.308 e. The van der Waals surface area contributed by atoms with E-state index in [4.69, 9.17) is 0 Å². The molecular formula is C16H13BrN2O2S. The lowest BCUT2D eigenvalue weighted by Gasteiger charge is -2.06. The summed E-state index contributed by atoms with van der Waals surface area (Å²) in [7, 11) is 0. The number of carbonyl (C=O) groups excluding carboxylic acids is 1. The molecule has 0 unspecified atom stereocenters. The van der Waals surface area contributed by atoms with Gasteiger partial charge in [0.15, 0.2) is 0 Å². The van der Waals surface area contributed by atoms with Crippen molar-refractivity contribution in [2.75, 3.05) is 5.32 Å². The average Bonchev–Trinajstić information content (AvgIpc) is 2.83. The van der Waals surface area contributed by atoms with Crippen LogP contribution in [0, 0.1) is 0 Å². The summed E-state index contributed by atoms with van der Waals surface area (Å²) in [4.78, 5) is 24.0. The Balaban J connectivity index is 1.68. The van der Waals surface area contributed by atoms with E-state index in [1.54, 1.807) is 4.57 Å². The number of para-hydroxylation sites is 1. The minimum Gasteiger partial charge on any atom is -0.326 e. The minimum atomic E-state index is -0.107. The van der Waals surface area contributed by atoms with Crippen LogP contribution in [0.3, 0.4) is 0 Å². The van der Waals surface area contributed by atoms with Gasteiger partial charge in [-0.05, 0) is 36.4 Å². The van der Waals surface area contributed by atoms with Gasteiger partial charge in [0.1, 0.15) is 0 Å². The summed E-state index contributed by atoms with van der Waals surface area (Å²) in [5.74, 6) is -0.107. The van der Waals surface area contributed by atoms with E-state index in [1.165, 1.54) is 11.3 Å². The van der Waals surface area contributed by atoms with Gasteiger partial charge in [-0.1, -0.05) is 39.4 Å². The predicted octanol–water partition coefficient (Wildman–Crippen LogP) is 3.85. The van der Waals surface area contributed by atoms with Gasteiger partial charge in [0.2, 0.25) is 5.91 Å². The first-order valence-electron chi connectivity index (χ1n) is 6.77. The van der Waals surface area contributed by atoms with Gasteiger partial charge in [0.25, 0.3) is 0 Å². The van der Waals surface area contributed by atoms with Gasteiger partial charge in [0.05, 0.1) is 10.2 Å². The third-order valence-corrected chi connectivity index (χ3v) is 4.75. The Morgan fingerprint density at radius 3 is 2.64 bits per heavy atom. The molecule has 3 aromatic rings. The van der Waals surface area contributed by atoms with Crippen molar-refractivity contribution in [1.29, 1.82) is 0 Å². The van der Waals surface area contributed by atoms with E-state index in [-0.39, 0.29) is 17.2 Å². The fourth-order valence-electron chi connectivity index (χ4n) is 2.20. The molecule has 0 radical (unpaired) electrons. The second kappa shape index (κ2) is 6.46. The van der Waals surface area contributed by atoms with E-state index < -0.39 is 0 Å². The molecule has 1 amide bonds. The number of amides is 1. The number of fused-ring (bicyclic) bond motifs is 1. The van der Waals surface area contributed by atoms with E-state index in [2.05, 4.69) is 21.2 Å². The topological polar surface area (TPSA) is 51.1 Å². The largest absolute Gasteiger partial charge is 0.326 e. The van der Waals surface area contributed by atoms with E-state index in [1.807, 2.05) is 48.5 Å². The van der Waals surface area contributed by atoms with Crippen molar-refractivity contribution < 1.29 is 4.79 Å². The molecule has 1 aromatic heterocycles. The predicted molar refractivity (Wildman–Crippen MR) is 93.5 cm³/mol. The number of hydrogen-bond donors (Lipinski definition) is 1. The Morgan fingerprint density at radius 1 is 1.14 bits per heavy atom. The molecule has 1 heterocycles. The first-order chi connectivity index (χ1) is 10.6. The average molecular weight is 377 g/mol. The zero-order valence-electron chi connectivity index (χ0n) is 11.6. The number of rotatable bonds is 4. The molecule has 6 heteroatoms. The van der Waals surface area contributed by atoms with Crippen LogP contribution in [-0.2, 0) is 11.3 Å². The number of benzene rings is 2. The second-order valence-corrected chi connectivity index (χ2v) is 6.70. The molecule has 0 aliphatic carbocycles. The highest BCUT2D eigenvalue weighted by molar-refractivity contribution is 9.10. The lowest BCUT2D eigenvalue weighted by atomic mass is 10.3. The molecule has 1 N–H and O–H groups in total. The lowest BCUT2D eigenvalue weighted by Crippen LogP contribution is -2.19. The van der Waals surface area contributed by atoms with Crippen LogP contribution in [0.4, 0.5) is 5.69 Å². The van der Waals surface area contributed by atoms with Gasteiger partial charge >= 0.3 is 4.87 Å². The molecule has 0 aliphatic rings. The third-order valence-electron chi connectivity index (χ3n) is 3.26. The van der Waals surface area contributed by atoms with Gasteiger partial charge in [-0.15, -0.1) is 0 Å². The zero-order valence-corrected chi connectivity index (χ0v) is 14.0. The molecule has 0 aliphatic heterocycles. The Labute approximate surface area is 139 Å². The van der Waals surface area contributed by atoms with Crippen molar-refractivity contribution in [3.05, 3.63) is 62.7 Å². The summed E-state index contributed by atoms with van der Waals surface area (Å²) in [5, 5.41) is 2.83. The second-order valence-electron chi connectivity index (χ2n) is 4.79. The Hall–Kier alpha value is -1.92. The summed E-state index contributed by atoms with van der Waals surface area (Å²) in [6.07, 6.45) is 0.261. The van der Waals surface area contributed by atoms with E-state index in [0.29, 0.717) is 6.54 Å². The SMILES string of the molecule is O=C(CCn1c(=O)sc2ccccc21)Nc1ccc(Br)cc1. The van der Waals surface area contributed by atoms with Gasteiger partial charge in [-0.25, -0.2) is 0 Å². The normalized spacial score (nSPS) is 10.8. The Bertz CT molecular complexity index is 868. The Morgan fingerprint density at radius 2 is 1.86 bits per heavy atom. The number of carbonyl (C=O) groups is 1. The quantitative estimate of drug-likeness (QED) is 0.751. The number of hydrogen-bond acceptors (Lipinski definition) is 3. The highest BCUT2D eigenvalue weighted by atomic mass is 79.9. The fourth-order valence-corrected chi connectivity index (χ4v) is 3.38. The van der Waals surface area contributed by atoms with Crippen molar-refractivity contribution in [3.8, 4) is 0 Å². The van der Waals surface area contributed by atoms with Gasteiger partial charge < -0.3 is 5.32 Å². The summed E-state index contributed by atoms with van der Waals surface area (Å²) in [6.45, 7) is 0.380. The highest BCUT2D eigenvalue weighted by Gasteiger charge is 2.09. The molecule has 0 saturated heterocycles. The van der Waals surface area contributed by atoms with Crippen LogP contribution in [0.15, 0.2) is 57.8 Å². The fraction of sp³-hybridized carbons (Fsp3) is 0.125. The summed E-state index contributed by atoms with van der Waals surface area (Å²) in [6, 6.07) is 15.0. The van der Waals surface area contributed by atoms with Gasteiger partial charge in [-0.3, -0.25) is 14.2 Å². The number of aryl methyl sites for hydroxylation is 1. The molecule has 22 heavy (non-hydrogen) atoms. The van der Waals surface area contributed by atoms with E-state index in [0.717, 1.165) is 20.4 Å². The van der Waals surface area contributed by atoms with Gasteiger partial charge in [0, 0.05) is 23.1 Å². The number of thiazole rings is 1. The number of aromatic nitrogens is 1. The third kappa shape index (κ3) is 3.28. The molecule has 0 saturated carbocycles. The molecular weight excluding hydrogens is 364 g/mol. The maximum absolute atomic E-state index is 12.0. The van der Waals surface area contributed by atoms with Crippen LogP contribution in [0.1, 0.15) is 6.42 Å². The number of nitrogens with zero attached hydrogens (tertiary/aromatic N) is 1. The monoisotopic (exact) mass is 376 g/mol. The standard InChI is InChI=1S/C16H13BrN2O2S/c17-11-5-7-12(8-6-11)18-15(20)9-10-19-13-3-1-2-4-14(13)22-16(19)21/h1-8H,9-10H2,(H,18,20). The summed E-state index contributed by atoms with van der Waals surface area (Å²) < 4.78 is 3.56. The van der Waals surface area contributed by atoms with E-state index in [9.17, 15) is 9.59 Å². The smallest absolute Gasteiger partial charge is 0.308 e. The highest BCUT2D eigenvalue weighted by Crippen LogP contribution is 2.17. The van der Waals surface area contributed by atoms with E-state index >= 15 is 0 Å². The number of nitrogens with one attached hydrogen (secondary N) is 1. The first-order valence-corrected chi connectivity index (χ1v) is 8.38. The zero-order chi connectivity index (χ0) is 15.5. The Kier molecular flexibility index (Phi) is 4.40. The van der Waals surface area contributed by atoms with Crippen LogP contribution in [-0.4, -0.2) is 10.5 Å². The molecule has 0 fully saturated rings. The summed E-state index contributed by atoms with van der Waals surface area (Å²) in [5.41, 5.74) is 1.63. The van der Waals surface area contributed by atoms with Crippen LogP contribution in [0.25, 0.3) is 10.2 Å². The molecule has 0 spiro atoms. The van der Waals surface area contributed by atoms with Crippen LogP contribution >= 0.6 is 27.3 Å². The maximum atomic E-state index is 12.0. The molecule has 112 valence electrons. The molecule has 0 bridgehead atoms. The van der Waals surface area contributed by atoms with Gasteiger partial charge in [-0.2, -0.15) is 0 Å². The molecule has 0 atom stereocenters. The molecule has 2 aromatic carbocycles.